The number of aromatic nitrogens is 3. The van der Waals surface area contributed by atoms with Gasteiger partial charge >= 0.3 is 0 Å². The third-order valence-electron chi connectivity index (χ3n) is 4.90. The van der Waals surface area contributed by atoms with Crippen LogP contribution in [0, 0.1) is 5.82 Å². The van der Waals surface area contributed by atoms with Crippen molar-refractivity contribution in [3.05, 3.63) is 77.8 Å². The molecule has 1 aromatic carbocycles. The topological polar surface area (TPSA) is 68.1 Å². The molecular formula is C20H21FN4O2S. The molecule has 4 rings (SSSR count). The van der Waals surface area contributed by atoms with Crippen molar-refractivity contribution in [1.82, 2.24) is 18.8 Å². The number of sulfonamides is 1. The lowest BCUT2D eigenvalue weighted by Crippen LogP contribution is -2.31. The van der Waals surface area contributed by atoms with Gasteiger partial charge in [0.15, 0.2) is 5.03 Å². The standard InChI is InChI=1S/C20H21FN4O2S/c1-24-13-20(22-14-24)28(26,27)25-10-4-9-19(25)18-8-3-7-17(23-18)12-15-5-2-6-16(21)11-15/h2-3,5-8,11,13-14,19H,4,9-10,12H2,1H3/t19-/m1/s1. The van der Waals surface area contributed by atoms with E-state index in [1.54, 1.807) is 17.7 Å². The lowest BCUT2D eigenvalue weighted by atomic mass is 10.1. The van der Waals surface area contributed by atoms with Gasteiger partial charge in [-0.2, -0.15) is 4.31 Å². The fraction of sp³-hybridized carbons (Fsp3) is 0.300. The molecule has 0 saturated carbocycles. The number of hydrogen-bond donors (Lipinski definition) is 0. The van der Waals surface area contributed by atoms with Crippen LogP contribution >= 0.6 is 0 Å². The minimum absolute atomic E-state index is 0.0535. The Balaban J connectivity index is 1.61. The molecule has 2 aromatic heterocycles. The van der Waals surface area contributed by atoms with Crippen molar-refractivity contribution in [2.45, 2.75) is 30.3 Å². The van der Waals surface area contributed by atoms with Crippen LogP contribution in [-0.4, -0.2) is 33.8 Å². The summed E-state index contributed by atoms with van der Waals surface area (Å²) >= 11 is 0. The van der Waals surface area contributed by atoms with E-state index in [4.69, 9.17) is 0 Å². The number of rotatable bonds is 5. The van der Waals surface area contributed by atoms with Gasteiger partial charge in [-0.05, 0) is 42.7 Å². The number of benzene rings is 1. The second kappa shape index (κ2) is 7.44. The van der Waals surface area contributed by atoms with Crippen LogP contribution in [0.2, 0.25) is 0 Å². The molecule has 0 unspecified atom stereocenters. The quantitative estimate of drug-likeness (QED) is 0.660. The molecular weight excluding hydrogens is 379 g/mol. The molecule has 1 saturated heterocycles. The van der Waals surface area contributed by atoms with Crippen molar-refractivity contribution in [3.63, 3.8) is 0 Å². The molecule has 3 aromatic rings. The first-order valence-electron chi connectivity index (χ1n) is 9.13. The third-order valence-corrected chi connectivity index (χ3v) is 6.70. The van der Waals surface area contributed by atoms with E-state index >= 15 is 0 Å². The Kier molecular flexibility index (Phi) is 4.99. The molecule has 1 fully saturated rings. The van der Waals surface area contributed by atoms with E-state index in [0.717, 1.165) is 17.7 Å². The molecule has 28 heavy (non-hydrogen) atoms. The van der Waals surface area contributed by atoms with Crippen molar-refractivity contribution in [1.29, 1.82) is 0 Å². The first-order chi connectivity index (χ1) is 13.4. The molecule has 8 heteroatoms. The van der Waals surface area contributed by atoms with Crippen LogP contribution < -0.4 is 0 Å². The van der Waals surface area contributed by atoms with Gasteiger partial charge in [0.1, 0.15) is 5.82 Å². The summed E-state index contributed by atoms with van der Waals surface area (Å²) in [7, 11) is -1.94. The minimum atomic E-state index is -3.68. The van der Waals surface area contributed by atoms with E-state index in [2.05, 4.69) is 9.97 Å². The zero-order valence-corrected chi connectivity index (χ0v) is 16.3. The Morgan fingerprint density at radius 1 is 1.21 bits per heavy atom. The molecule has 0 N–H and O–H groups in total. The Bertz CT molecular complexity index is 1100. The summed E-state index contributed by atoms with van der Waals surface area (Å²) in [5.41, 5.74) is 2.32. The van der Waals surface area contributed by atoms with Gasteiger partial charge in [0.05, 0.1) is 18.1 Å². The lowest BCUT2D eigenvalue weighted by Gasteiger charge is -2.23. The van der Waals surface area contributed by atoms with Crippen molar-refractivity contribution < 1.29 is 12.8 Å². The minimum Gasteiger partial charge on any atom is -0.339 e. The third kappa shape index (κ3) is 3.70. The Labute approximate surface area is 163 Å². The Hall–Kier alpha value is -2.58. The van der Waals surface area contributed by atoms with Crippen LogP contribution in [0.3, 0.4) is 0 Å². The largest absolute Gasteiger partial charge is 0.339 e. The van der Waals surface area contributed by atoms with Gasteiger partial charge in [-0.15, -0.1) is 0 Å². The van der Waals surface area contributed by atoms with Crippen LogP contribution in [0.4, 0.5) is 4.39 Å². The van der Waals surface area contributed by atoms with Gasteiger partial charge in [0.25, 0.3) is 10.0 Å². The number of imidazole rings is 1. The van der Waals surface area contributed by atoms with Gasteiger partial charge in [-0.1, -0.05) is 18.2 Å². The summed E-state index contributed by atoms with van der Waals surface area (Å²) in [5, 5.41) is 0.0535. The van der Waals surface area contributed by atoms with E-state index in [0.29, 0.717) is 25.1 Å². The van der Waals surface area contributed by atoms with Gasteiger partial charge in [0.2, 0.25) is 0 Å². The van der Waals surface area contributed by atoms with Crippen LogP contribution in [-0.2, 0) is 23.5 Å². The molecule has 0 amide bonds. The van der Waals surface area contributed by atoms with Gasteiger partial charge in [0, 0.05) is 31.9 Å². The summed E-state index contributed by atoms with van der Waals surface area (Å²) in [6.45, 7) is 0.444. The summed E-state index contributed by atoms with van der Waals surface area (Å²) < 4.78 is 42.6. The second-order valence-electron chi connectivity index (χ2n) is 7.01. The fourth-order valence-corrected chi connectivity index (χ4v) is 5.24. The summed E-state index contributed by atoms with van der Waals surface area (Å²) in [6.07, 6.45) is 4.97. The molecule has 1 aliphatic heterocycles. The summed E-state index contributed by atoms with van der Waals surface area (Å²) in [4.78, 5) is 8.71. The van der Waals surface area contributed by atoms with Crippen LogP contribution in [0.15, 0.2) is 60.0 Å². The van der Waals surface area contributed by atoms with Crippen LogP contribution in [0.1, 0.15) is 35.8 Å². The number of hydrogen-bond acceptors (Lipinski definition) is 4. The van der Waals surface area contributed by atoms with Crippen LogP contribution in [0.25, 0.3) is 0 Å². The molecule has 3 heterocycles. The number of pyridine rings is 1. The van der Waals surface area contributed by atoms with Crippen molar-refractivity contribution in [3.8, 4) is 0 Å². The second-order valence-corrected chi connectivity index (χ2v) is 8.85. The molecule has 1 atom stereocenters. The Morgan fingerprint density at radius 3 is 2.79 bits per heavy atom. The SMILES string of the molecule is Cn1cnc(S(=O)(=O)N2CCC[C@@H]2c2cccc(Cc3cccc(F)c3)n2)c1. The summed E-state index contributed by atoms with van der Waals surface area (Å²) in [6, 6.07) is 11.7. The van der Waals surface area contributed by atoms with E-state index in [9.17, 15) is 12.8 Å². The molecule has 0 aliphatic carbocycles. The van der Waals surface area contributed by atoms with Gasteiger partial charge in [-0.3, -0.25) is 4.98 Å². The number of halogens is 1. The maximum atomic E-state index is 13.4. The van der Waals surface area contributed by atoms with Crippen molar-refractivity contribution >= 4 is 10.0 Å². The Morgan fingerprint density at radius 2 is 2.04 bits per heavy atom. The molecule has 146 valence electrons. The zero-order chi connectivity index (χ0) is 19.7. The fourth-order valence-electron chi connectivity index (χ4n) is 3.60. The summed E-state index contributed by atoms with van der Waals surface area (Å²) in [5.74, 6) is -0.280. The highest BCUT2D eigenvalue weighted by Crippen LogP contribution is 2.35. The smallest absolute Gasteiger partial charge is 0.262 e. The van der Waals surface area contributed by atoms with Crippen LogP contribution in [0.5, 0.6) is 0 Å². The van der Waals surface area contributed by atoms with E-state index < -0.39 is 10.0 Å². The monoisotopic (exact) mass is 400 g/mol. The number of nitrogens with zero attached hydrogens (tertiary/aromatic N) is 4. The highest BCUT2D eigenvalue weighted by Gasteiger charge is 2.38. The maximum Gasteiger partial charge on any atom is 0.262 e. The molecule has 0 radical (unpaired) electrons. The van der Waals surface area contributed by atoms with E-state index in [-0.39, 0.29) is 16.9 Å². The molecule has 1 aliphatic rings. The average molecular weight is 400 g/mol. The molecule has 0 spiro atoms. The number of aryl methyl sites for hydroxylation is 1. The average Bonchev–Trinajstić information content (AvgIpc) is 3.32. The lowest BCUT2D eigenvalue weighted by molar-refractivity contribution is 0.388. The first kappa shape index (κ1) is 18.8. The van der Waals surface area contributed by atoms with Gasteiger partial charge in [-0.25, -0.2) is 17.8 Å². The highest BCUT2D eigenvalue weighted by atomic mass is 32.2. The van der Waals surface area contributed by atoms with E-state index in [1.807, 2.05) is 24.3 Å². The predicted molar refractivity (Wildman–Crippen MR) is 103 cm³/mol. The highest BCUT2D eigenvalue weighted by molar-refractivity contribution is 7.89. The predicted octanol–water partition coefficient (Wildman–Crippen LogP) is 3.07. The van der Waals surface area contributed by atoms with Crippen molar-refractivity contribution in [2.75, 3.05) is 6.54 Å². The molecule has 0 bridgehead atoms. The first-order valence-corrected chi connectivity index (χ1v) is 10.6. The molecule has 6 nitrogen and oxygen atoms in total. The van der Waals surface area contributed by atoms with Crippen molar-refractivity contribution in [2.24, 2.45) is 7.05 Å². The van der Waals surface area contributed by atoms with E-state index in [1.165, 1.54) is 29.0 Å². The maximum absolute atomic E-state index is 13.4. The zero-order valence-electron chi connectivity index (χ0n) is 15.5. The normalized spacial score (nSPS) is 17.9. The van der Waals surface area contributed by atoms with Gasteiger partial charge < -0.3 is 4.57 Å².